The lowest BCUT2D eigenvalue weighted by Crippen LogP contribution is -2.48. The zero-order valence-electron chi connectivity index (χ0n) is 13.0. The number of ether oxygens (including phenoxy) is 1. The van der Waals surface area contributed by atoms with Gasteiger partial charge in [-0.05, 0) is 56.8 Å². The number of aliphatic carboxylic acids is 1. The summed E-state index contributed by atoms with van der Waals surface area (Å²) in [6.45, 7) is 2.09. The molecule has 2 saturated heterocycles. The Morgan fingerprint density at radius 1 is 1.09 bits per heavy atom. The molecule has 4 aliphatic rings. The molecule has 2 N–H and O–H groups in total. The van der Waals surface area contributed by atoms with E-state index in [9.17, 15) is 14.7 Å². The Bertz CT molecular complexity index is 493. The average molecular weight is 307 g/mol. The quantitative estimate of drug-likeness (QED) is 0.830. The minimum absolute atomic E-state index is 0.102. The second-order valence-corrected chi connectivity index (χ2v) is 7.82. The van der Waals surface area contributed by atoms with Gasteiger partial charge in [-0.2, -0.15) is 0 Å². The molecule has 2 saturated carbocycles. The highest BCUT2D eigenvalue weighted by Crippen LogP contribution is 2.50. The predicted molar refractivity (Wildman–Crippen MR) is 79.1 cm³/mol. The van der Waals surface area contributed by atoms with Gasteiger partial charge in [0.15, 0.2) is 0 Å². The minimum atomic E-state index is -0.889. The van der Waals surface area contributed by atoms with E-state index in [2.05, 4.69) is 12.2 Å². The van der Waals surface area contributed by atoms with E-state index in [1.807, 2.05) is 0 Å². The molecule has 8 atom stereocenters. The van der Waals surface area contributed by atoms with Crippen molar-refractivity contribution in [1.29, 1.82) is 0 Å². The predicted octanol–water partition coefficient (Wildman–Crippen LogP) is 1.81. The monoisotopic (exact) mass is 307 g/mol. The Labute approximate surface area is 130 Å². The third-order valence-corrected chi connectivity index (χ3v) is 6.67. The van der Waals surface area contributed by atoms with Crippen LogP contribution in [0.1, 0.15) is 45.4 Å². The summed E-state index contributed by atoms with van der Waals surface area (Å²) in [6.07, 6.45) is 6.31. The standard InChI is InChI=1S/C17H25NO4/c1-8(11-7-9-2-3-10(11)6-9)18-16(19)14-12-4-5-13(22-12)15(14)17(20)21/h8-15H,2-7H2,1H3,(H,18,19)(H,20,21)/t8-,9+,10+,11+,12-,13-,14+,15-/m0/s1. The molecule has 4 rings (SSSR count). The van der Waals surface area contributed by atoms with Crippen molar-refractivity contribution >= 4 is 11.9 Å². The Kier molecular flexibility index (Phi) is 3.44. The van der Waals surface area contributed by atoms with Crippen LogP contribution in [-0.4, -0.2) is 35.2 Å². The van der Waals surface area contributed by atoms with Gasteiger partial charge in [0.05, 0.1) is 24.0 Å². The van der Waals surface area contributed by atoms with Crippen molar-refractivity contribution in [2.45, 2.75) is 63.7 Å². The number of carboxylic acids is 1. The van der Waals surface area contributed by atoms with E-state index in [1.165, 1.54) is 25.7 Å². The Hall–Kier alpha value is -1.10. The van der Waals surface area contributed by atoms with Gasteiger partial charge in [-0.1, -0.05) is 6.42 Å². The SMILES string of the molecule is C[C@H](NC(=O)[C@H]1[C@@H](C(=O)O)[C@@H]2CC[C@@H]1O2)[C@H]1C[C@@H]2CC[C@@H]1C2. The molecule has 0 unspecified atom stereocenters. The van der Waals surface area contributed by atoms with Gasteiger partial charge in [-0.25, -0.2) is 0 Å². The number of fused-ring (bicyclic) bond motifs is 4. The van der Waals surface area contributed by atoms with Crippen LogP contribution in [0.4, 0.5) is 0 Å². The molecule has 4 fully saturated rings. The first-order valence-electron chi connectivity index (χ1n) is 8.73. The molecule has 2 aliphatic heterocycles. The van der Waals surface area contributed by atoms with Crippen molar-refractivity contribution in [1.82, 2.24) is 5.32 Å². The van der Waals surface area contributed by atoms with Crippen LogP contribution in [0.3, 0.4) is 0 Å². The van der Waals surface area contributed by atoms with E-state index in [4.69, 9.17) is 4.74 Å². The van der Waals surface area contributed by atoms with E-state index < -0.39 is 17.8 Å². The number of carbonyl (C=O) groups is 2. The lowest BCUT2D eigenvalue weighted by atomic mass is 9.78. The molecular formula is C17H25NO4. The van der Waals surface area contributed by atoms with Gasteiger partial charge in [-0.3, -0.25) is 9.59 Å². The number of carbonyl (C=O) groups excluding carboxylic acids is 1. The van der Waals surface area contributed by atoms with E-state index in [1.54, 1.807) is 0 Å². The van der Waals surface area contributed by atoms with Gasteiger partial charge in [0, 0.05) is 6.04 Å². The lowest BCUT2D eigenvalue weighted by molar-refractivity contribution is -0.148. The number of nitrogens with one attached hydrogen (secondary N) is 1. The first-order valence-corrected chi connectivity index (χ1v) is 8.73. The Morgan fingerprint density at radius 2 is 1.82 bits per heavy atom. The van der Waals surface area contributed by atoms with E-state index in [-0.39, 0.29) is 24.2 Å². The lowest BCUT2D eigenvalue weighted by Gasteiger charge is -2.31. The normalized spacial score (nSPS) is 46.9. The number of rotatable bonds is 4. The topological polar surface area (TPSA) is 75.6 Å². The molecule has 0 spiro atoms. The highest BCUT2D eigenvalue weighted by atomic mass is 16.5. The first-order chi connectivity index (χ1) is 10.5. The average Bonchev–Trinajstić information content (AvgIpc) is 3.24. The fourth-order valence-corrected chi connectivity index (χ4v) is 5.66. The maximum Gasteiger partial charge on any atom is 0.310 e. The molecule has 0 radical (unpaired) electrons. The zero-order valence-corrected chi connectivity index (χ0v) is 13.0. The van der Waals surface area contributed by atoms with Gasteiger partial charge >= 0.3 is 5.97 Å². The highest BCUT2D eigenvalue weighted by molar-refractivity contribution is 5.86. The molecule has 2 heterocycles. The number of carboxylic acid groups (broad SMARTS) is 1. The summed E-state index contributed by atoms with van der Waals surface area (Å²) < 4.78 is 5.69. The maximum atomic E-state index is 12.7. The highest BCUT2D eigenvalue weighted by Gasteiger charge is 2.56. The van der Waals surface area contributed by atoms with Crippen LogP contribution in [0, 0.1) is 29.6 Å². The van der Waals surface area contributed by atoms with Crippen molar-refractivity contribution in [2.24, 2.45) is 29.6 Å². The Morgan fingerprint density at radius 3 is 2.41 bits per heavy atom. The van der Waals surface area contributed by atoms with Crippen molar-refractivity contribution in [2.75, 3.05) is 0 Å². The van der Waals surface area contributed by atoms with E-state index in [0.717, 1.165) is 24.7 Å². The van der Waals surface area contributed by atoms with Crippen molar-refractivity contribution in [3.63, 3.8) is 0 Å². The third-order valence-electron chi connectivity index (χ3n) is 6.67. The summed E-state index contributed by atoms with van der Waals surface area (Å²) in [5.41, 5.74) is 0. The van der Waals surface area contributed by atoms with Crippen LogP contribution >= 0.6 is 0 Å². The minimum Gasteiger partial charge on any atom is -0.481 e. The first kappa shape index (κ1) is 14.5. The number of hydrogen-bond donors (Lipinski definition) is 2. The summed E-state index contributed by atoms with van der Waals surface area (Å²) in [6, 6.07) is 0.149. The fraction of sp³-hybridized carbons (Fsp3) is 0.882. The van der Waals surface area contributed by atoms with Gasteiger partial charge < -0.3 is 15.2 Å². The molecule has 0 aromatic carbocycles. The Balaban J connectivity index is 1.42. The second kappa shape index (κ2) is 5.22. The molecular weight excluding hydrogens is 282 g/mol. The van der Waals surface area contributed by atoms with Crippen LogP contribution in [-0.2, 0) is 14.3 Å². The van der Waals surface area contributed by atoms with Gasteiger partial charge in [0.25, 0.3) is 0 Å². The molecule has 4 bridgehead atoms. The summed E-state index contributed by atoms with van der Waals surface area (Å²) >= 11 is 0. The molecule has 5 nitrogen and oxygen atoms in total. The summed E-state index contributed by atoms with van der Waals surface area (Å²) in [5, 5.41) is 12.6. The molecule has 2 aliphatic carbocycles. The molecule has 0 aromatic rings. The summed E-state index contributed by atoms with van der Waals surface area (Å²) in [5.74, 6) is 0.0300. The zero-order chi connectivity index (χ0) is 15.4. The molecule has 1 amide bonds. The van der Waals surface area contributed by atoms with Crippen LogP contribution < -0.4 is 5.32 Å². The number of hydrogen-bond acceptors (Lipinski definition) is 3. The second-order valence-electron chi connectivity index (χ2n) is 7.82. The molecule has 122 valence electrons. The van der Waals surface area contributed by atoms with E-state index >= 15 is 0 Å². The molecule has 0 aromatic heterocycles. The van der Waals surface area contributed by atoms with Gasteiger partial charge in [-0.15, -0.1) is 0 Å². The number of amides is 1. The summed E-state index contributed by atoms with van der Waals surface area (Å²) in [7, 11) is 0. The van der Waals surface area contributed by atoms with Crippen LogP contribution in [0.25, 0.3) is 0 Å². The smallest absolute Gasteiger partial charge is 0.310 e. The molecule has 5 heteroatoms. The maximum absolute atomic E-state index is 12.7. The third kappa shape index (κ3) is 2.16. The van der Waals surface area contributed by atoms with Gasteiger partial charge in [0.2, 0.25) is 5.91 Å². The van der Waals surface area contributed by atoms with Crippen LogP contribution in [0.15, 0.2) is 0 Å². The molecule has 22 heavy (non-hydrogen) atoms. The van der Waals surface area contributed by atoms with Gasteiger partial charge in [0.1, 0.15) is 0 Å². The summed E-state index contributed by atoms with van der Waals surface area (Å²) in [4.78, 5) is 24.2. The van der Waals surface area contributed by atoms with Crippen molar-refractivity contribution < 1.29 is 19.4 Å². The van der Waals surface area contributed by atoms with Crippen LogP contribution in [0.2, 0.25) is 0 Å². The van der Waals surface area contributed by atoms with E-state index in [0.29, 0.717) is 5.92 Å². The fourth-order valence-electron chi connectivity index (χ4n) is 5.66. The van der Waals surface area contributed by atoms with Crippen molar-refractivity contribution in [3.8, 4) is 0 Å². The van der Waals surface area contributed by atoms with Crippen molar-refractivity contribution in [3.05, 3.63) is 0 Å². The largest absolute Gasteiger partial charge is 0.481 e. The van der Waals surface area contributed by atoms with Crippen LogP contribution in [0.5, 0.6) is 0 Å².